The maximum atomic E-state index is 13.3. The fraction of sp³-hybridized carbons (Fsp3) is 0.143. The predicted molar refractivity (Wildman–Crippen MR) is 74.5 cm³/mol. The third-order valence-corrected chi connectivity index (χ3v) is 2.81. The largest absolute Gasteiger partial charge is 0.465 e. The van der Waals surface area contributed by atoms with Gasteiger partial charge in [0.25, 0.3) is 0 Å². The topological polar surface area (TPSA) is 68.5 Å². The van der Waals surface area contributed by atoms with Crippen LogP contribution < -0.4 is 10.6 Å². The molecular weight excluding hydrogens is 261 g/mol. The first-order valence-corrected chi connectivity index (χ1v) is 5.86. The van der Waals surface area contributed by atoms with Gasteiger partial charge in [-0.15, -0.1) is 0 Å². The van der Waals surface area contributed by atoms with Crippen LogP contribution in [0.5, 0.6) is 0 Å². The maximum absolute atomic E-state index is 13.3. The summed E-state index contributed by atoms with van der Waals surface area (Å²) < 4.78 is 18.0. The van der Waals surface area contributed by atoms with E-state index in [1.807, 2.05) is 0 Å². The highest BCUT2D eigenvalue weighted by atomic mass is 19.1. The monoisotopic (exact) mass is 275 g/mol. The number of esters is 1. The number of carbonyl (C=O) groups is 1. The molecule has 2 rings (SSSR count). The Balaban J connectivity index is 2.49. The van der Waals surface area contributed by atoms with E-state index in [0.29, 0.717) is 17.2 Å². The molecule has 5 nitrogen and oxygen atoms in total. The molecule has 0 radical (unpaired) electrons. The van der Waals surface area contributed by atoms with Crippen LogP contribution in [0.25, 0.3) is 0 Å². The van der Waals surface area contributed by atoms with E-state index in [4.69, 9.17) is 10.5 Å². The van der Waals surface area contributed by atoms with Crippen LogP contribution >= 0.6 is 0 Å². The summed E-state index contributed by atoms with van der Waals surface area (Å²) in [6.07, 6.45) is 1.43. The van der Waals surface area contributed by atoms with Crippen molar-refractivity contribution in [2.24, 2.45) is 0 Å². The van der Waals surface area contributed by atoms with E-state index in [-0.39, 0.29) is 11.4 Å². The molecule has 1 aromatic carbocycles. The number of rotatable bonds is 3. The van der Waals surface area contributed by atoms with Crippen molar-refractivity contribution in [1.82, 2.24) is 4.98 Å². The van der Waals surface area contributed by atoms with Crippen molar-refractivity contribution >= 4 is 23.2 Å². The molecule has 0 saturated carbocycles. The fourth-order valence-electron chi connectivity index (χ4n) is 1.81. The maximum Gasteiger partial charge on any atom is 0.341 e. The molecule has 0 aliphatic rings. The summed E-state index contributed by atoms with van der Waals surface area (Å²) in [5.74, 6) is -0.580. The molecule has 0 spiro atoms. The van der Waals surface area contributed by atoms with Gasteiger partial charge in [0.05, 0.1) is 19.0 Å². The Labute approximate surface area is 115 Å². The van der Waals surface area contributed by atoms with Crippen molar-refractivity contribution in [2.45, 2.75) is 0 Å². The van der Waals surface area contributed by atoms with Gasteiger partial charge in [0.15, 0.2) is 0 Å². The summed E-state index contributed by atoms with van der Waals surface area (Å²) in [5, 5.41) is 0. The van der Waals surface area contributed by atoms with Gasteiger partial charge >= 0.3 is 5.97 Å². The van der Waals surface area contributed by atoms with Crippen molar-refractivity contribution in [3.63, 3.8) is 0 Å². The second-order valence-corrected chi connectivity index (χ2v) is 4.17. The van der Waals surface area contributed by atoms with Gasteiger partial charge in [0.1, 0.15) is 17.2 Å². The number of anilines is 3. The molecule has 20 heavy (non-hydrogen) atoms. The van der Waals surface area contributed by atoms with E-state index in [2.05, 4.69) is 4.98 Å². The first kappa shape index (κ1) is 13.8. The highest BCUT2D eigenvalue weighted by molar-refractivity contribution is 5.96. The molecule has 0 amide bonds. The molecule has 1 aromatic heterocycles. The SMILES string of the molecule is COC(=O)c1cc(N)cnc1N(C)c1cccc(F)c1. The number of nitrogens with two attached hydrogens (primary N) is 1. The standard InChI is InChI=1S/C14H14FN3O2/c1-18(11-5-3-4-9(15)6-11)13-12(14(19)20-2)7-10(16)8-17-13/h3-8H,16H2,1-2H3. The van der Waals surface area contributed by atoms with Crippen molar-refractivity contribution in [2.75, 3.05) is 24.8 Å². The smallest absolute Gasteiger partial charge is 0.341 e. The number of nitrogens with zero attached hydrogens (tertiary/aromatic N) is 2. The van der Waals surface area contributed by atoms with E-state index >= 15 is 0 Å². The molecule has 1 heterocycles. The molecule has 0 fully saturated rings. The second kappa shape index (κ2) is 5.56. The minimum absolute atomic E-state index is 0.222. The van der Waals surface area contributed by atoms with E-state index in [0.717, 1.165) is 0 Å². The number of halogens is 1. The Kier molecular flexibility index (Phi) is 3.84. The average molecular weight is 275 g/mol. The Morgan fingerprint density at radius 1 is 1.40 bits per heavy atom. The van der Waals surface area contributed by atoms with Gasteiger partial charge in [-0.2, -0.15) is 0 Å². The highest BCUT2D eigenvalue weighted by Gasteiger charge is 2.18. The van der Waals surface area contributed by atoms with Crippen LogP contribution in [0.15, 0.2) is 36.5 Å². The molecular formula is C14H14FN3O2. The number of ether oxygens (including phenoxy) is 1. The highest BCUT2D eigenvalue weighted by Crippen LogP contribution is 2.27. The normalized spacial score (nSPS) is 10.2. The summed E-state index contributed by atoms with van der Waals surface area (Å²) in [7, 11) is 2.96. The van der Waals surface area contributed by atoms with Gasteiger partial charge in [-0.25, -0.2) is 14.2 Å². The fourth-order valence-corrected chi connectivity index (χ4v) is 1.81. The summed E-state index contributed by atoms with van der Waals surface area (Å²) in [6, 6.07) is 7.45. The number of aromatic nitrogens is 1. The van der Waals surface area contributed by atoms with Gasteiger partial charge in [0.2, 0.25) is 0 Å². The molecule has 0 bridgehead atoms. The molecule has 0 saturated heterocycles. The van der Waals surface area contributed by atoms with Crippen LogP contribution in [0.1, 0.15) is 10.4 Å². The quantitative estimate of drug-likeness (QED) is 0.871. The molecule has 0 aliphatic heterocycles. The van der Waals surface area contributed by atoms with E-state index in [9.17, 15) is 9.18 Å². The van der Waals surface area contributed by atoms with Crippen LogP contribution in [0.2, 0.25) is 0 Å². The Hall–Kier alpha value is -2.63. The minimum Gasteiger partial charge on any atom is -0.465 e. The minimum atomic E-state index is -0.553. The third-order valence-electron chi connectivity index (χ3n) is 2.81. The molecule has 0 aliphatic carbocycles. The molecule has 0 unspecified atom stereocenters. The lowest BCUT2D eigenvalue weighted by Gasteiger charge is -2.20. The number of benzene rings is 1. The number of carbonyl (C=O) groups excluding carboxylic acids is 1. The molecule has 0 atom stereocenters. The summed E-state index contributed by atoms with van der Waals surface area (Å²) in [6.45, 7) is 0. The predicted octanol–water partition coefficient (Wildman–Crippen LogP) is 2.36. The van der Waals surface area contributed by atoms with Crippen LogP contribution in [0.4, 0.5) is 21.6 Å². The molecule has 2 aromatic rings. The van der Waals surface area contributed by atoms with Crippen molar-refractivity contribution in [1.29, 1.82) is 0 Å². The number of hydrogen-bond acceptors (Lipinski definition) is 5. The van der Waals surface area contributed by atoms with Gasteiger partial charge < -0.3 is 15.4 Å². The molecule has 2 N–H and O–H groups in total. The Morgan fingerprint density at radius 3 is 2.80 bits per heavy atom. The van der Waals surface area contributed by atoms with E-state index < -0.39 is 5.97 Å². The molecule has 104 valence electrons. The van der Waals surface area contributed by atoms with Gasteiger partial charge in [-0.1, -0.05) is 6.07 Å². The molecule has 6 heteroatoms. The zero-order valence-corrected chi connectivity index (χ0v) is 11.1. The third kappa shape index (κ3) is 2.69. The number of nitrogen functional groups attached to an aromatic ring is 1. The van der Waals surface area contributed by atoms with Crippen LogP contribution in [-0.4, -0.2) is 25.1 Å². The summed E-state index contributed by atoms with van der Waals surface area (Å²) in [4.78, 5) is 17.5. The van der Waals surface area contributed by atoms with Crippen molar-refractivity contribution < 1.29 is 13.9 Å². The van der Waals surface area contributed by atoms with Crippen LogP contribution in [0.3, 0.4) is 0 Å². The number of methoxy groups -OCH3 is 1. The first-order chi connectivity index (χ1) is 9.52. The zero-order valence-electron chi connectivity index (χ0n) is 11.1. The van der Waals surface area contributed by atoms with Crippen molar-refractivity contribution in [3.05, 3.63) is 47.9 Å². The lowest BCUT2D eigenvalue weighted by molar-refractivity contribution is 0.0601. The summed E-state index contributed by atoms with van der Waals surface area (Å²) in [5.41, 5.74) is 6.77. The average Bonchev–Trinajstić information content (AvgIpc) is 2.45. The van der Waals surface area contributed by atoms with Gasteiger partial charge in [0, 0.05) is 12.7 Å². The lowest BCUT2D eigenvalue weighted by atomic mass is 10.2. The number of hydrogen-bond donors (Lipinski definition) is 1. The number of pyridine rings is 1. The van der Waals surface area contributed by atoms with Gasteiger partial charge in [-0.05, 0) is 24.3 Å². The van der Waals surface area contributed by atoms with Gasteiger partial charge in [-0.3, -0.25) is 0 Å². The van der Waals surface area contributed by atoms with Crippen molar-refractivity contribution in [3.8, 4) is 0 Å². The summed E-state index contributed by atoms with van der Waals surface area (Å²) >= 11 is 0. The second-order valence-electron chi connectivity index (χ2n) is 4.17. The van der Waals surface area contributed by atoms with E-state index in [1.54, 1.807) is 24.1 Å². The van der Waals surface area contributed by atoms with Crippen LogP contribution in [-0.2, 0) is 4.74 Å². The van der Waals surface area contributed by atoms with E-state index in [1.165, 1.54) is 31.5 Å². The first-order valence-electron chi connectivity index (χ1n) is 5.86. The zero-order chi connectivity index (χ0) is 14.7. The lowest BCUT2D eigenvalue weighted by Crippen LogP contribution is -2.17. The van der Waals surface area contributed by atoms with Crippen LogP contribution in [0, 0.1) is 5.82 Å². The Morgan fingerprint density at radius 2 is 2.15 bits per heavy atom. The Bertz CT molecular complexity index is 646.